The Kier molecular flexibility index (Phi) is 6.98. The van der Waals surface area contributed by atoms with Crippen LogP contribution in [0.5, 0.6) is 0 Å². The summed E-state index contributed by atoms with van der Waals surface area (Å²) in [7, 11) is 0. The summed E-state index contributed by atoms with van der Waals surface area (Å²) in [4.78, 5) is 21.9. The largest absolute Gasteiger partial charge is 0.379 e. The first-order chi connectivity index (χ1) is 6.47. The Morgan fingerprint density at radius 3 is 2.43 bits per heavy atom. The van der Waals surface area contributed by atoms with Crippen LogP contribution in [0.2, 0.25) is 0 Å². The van der Waals surface area contributed by atoms with Gasteiger partial charge in [-0.3, -0.25) is 9.59 Å². The molecule has 14 heavy (non-hydrogen) atoms. The van der Waals surface area contributed by atoms with Gasteiger partial charge in [-0.25, -0.2) is 0 Å². The number of carbonyl (C=O) groups excluding carboxylic acids is 2. The van der Waals surface area contributed by atoms with E-state index in [1.54, 1.807) is 0 Å². The second-order valence-corrected chi connectivity index (χ2v) is 3.55. The average molecular weight is 238 g/mol. The lowest BCUT2D eigenvalue weighted by atomic mass is 10.2. The van der Waals surface area contributed by atoms with E-state index in [0.717, 1.165) is 0 Å². The normalized spacial score (nSPS) is 14.6. The molecule has 0 spiro atoms. The lowest BCUT2D eigenvalue weighted by Gasteiger charge is -2.12. The molecule has 0 aliphatic carbocycles. The van der Waals surface area contributed by atoms with Gasteiger partial charge in [-0.2, -0.15) is 12.6 Å². The van der Waals surface area contributed by atoms with E-state index in [2.05, 4.69) is 30.6 Å². The summed E-state index contributed by atoms with van der Waals surface area (Å²) >= 11 is 7.46. The van der Waals surface area contributed by atoms with Crippen LogP contribution in [-0.2, 0) is 9.59 Å². The van der Waals surface area contributed by atoms with E-state index in [1.807, 2.05) is 0 Å². The molecule has 0 bridgehead atoms. The van der Waals surface area contributed by atoms with Crippen molar-refractivity contribution in [2.75, 3.05) is 5.75 Å². The highest BCUT2D eigenvalue weighted by atomic mass is 32.1. The molecule has 1 amide bonds. The summed E-state index contributed by atoms with van der Waals surface area (Å²) in [6, 6.07) is -0.691. The molecule has 7 heteroatoms. The zero-order chi connectivity index (χ0) is 11.1. The fraction of sp³-hybridized carbons (Fsp3) is 0.714. The maximum absolute atomic E-state index is 11.1. The third kappa shape index (κ3) is 6.25. The predicted molar refractivity (Wildman–Crippen MR) is 59.2 cm³/mol. The van der Waals surface area contributed by atoms with Crippen molar-refractivity contribution >= 4 is 36.3 Å². The molecule has 0 aromatic heterocycles. The number of aliphatic hydroxyl groups is 1. The van der Waals surface area contributed by atoms with Crippen molar-refractivity contribution in [1.82, 2.24) is 5.32 Å². The van der Waals surface area contributed by atoms with Crippen molar-refractivity contribution in [1.29, 1.82) is 0 Å². The summed E-state index contributed by atoms with van der Waals surface area (Å²) in [5, 5.41) is 10.7. The Bertz CT molecular complexity index is 211. The van der Waals surface area contributed by atoms with Crippen molar-refractivity contribution in [2.45, 2.75) is 25.1 Å². The molecule has 0 aromatic carbocycles. The lowest BCUT2D eigenvalue weighted by Crippen LogP contribution is -2.40. The fourth-order valence-corrected chi connectivity index (χ4v) is 1.29. The Labute approximate surface area is 93.2 Å². The van der Waals surface area contributed by atoms with Crippen LogP contribution in [0.15, 0.2) is 0 Å². The summed E-state index contributed by atoms with van der Waals surface area (Å²) < 4.78 is 0. The number of hydrogen-bond donors (Lipinski definition) is 5. The monoisotopic (exact) mass is 238 g/mol. The third-order valence-corrected chi connectivity index (χ3v) is 2.16. The van der Waals surface area contributed by atoms with E-state index in [9.17, 15) is 9.59 Å². The van der Waals surface area contributed by atoms with Gasteiger partial charge in [0, 0.05) is 12.2 Å². The van der Waals surface area contributed by atoms with Gasteiger partial charge < -0.3 is 16.2 Å². The first-order valence-electron chi connectivity index (χ1n) is 4.04. The number of amides is 1. The fourth-order valence-electron chi connectivity index (χ4n) is 0.731. The summed E-state index contributed by atoms with van der Waals surface area (Å²) in [6.45, 7) is 0. The molecule has 0 saturated heterocycles. The second kappa shape index (κ2) is 7.10. The molecule has 0 aliphatic heterocycles. The molecule has 2 atom stereocenters. The smallest absolute Gasteiger partial charge is 0.220 e. The third-order valence-electron chi connectivity index (χ3n) is 1.48. The minimum Gasteiger partial charge on any atom is -0.379 e. The number of nitrogens with one attached hydrogen (secondary N) is 1. The zero-order valence-corrected chi connectivity index (χ0v) is 9.30. The van der Waals surface area contributed by atoms with Crippen LogP contribution < -0.4 is 11.1 Å². The first-order valence-corrected chi connectivity index (χ1v) is 5.12. The molecule has 0 fully saturated rings. The minimum absolute atomic E-state index is 0.0724. The molecule has 0 heterocycles. The molecule has 4 N–H and O–H groups in total. The van der Waals surface area contributed by atoms with Crippen molar-refractivity contribution in [3.8, 4) is 0 Å². The van der Waals surface area contributed by atoms with E-state index >= 15 is 0 Å². The Hall–Kier alpha value is -0.240. The van der Waals surface area contributed by atoms with E-state index in [1.165, 1.54) is 0 Å². The maximum Gasteiger partial charge on any atom is 0.220 e. The molecular weight excluding hydrogens is 224 g/mol. The topological polar surface area (TPSA) is 92.4 Å². The Balaban J connectivity index is 3.85. The number of thiol groups is 2. The minimum atomic E-state index is -1.01. The number of rotatable bonds is 6. The summed E-state index contributed by atoms with van der Waals surface area (Å²) in [6.07, 6.45) is -0.781. The highest BCUT2D eigenvalue weighted by Gasteiger charge is 2.15. The van der Waals surface area contributed by atoms with Crippen molar-refractivity contribution < 1.29 is 14.7 Å². The average Bonchev–Trinajstić information content (AvgIpc) is 2.10. The number of carbonyl (C=O) groups is 2. The van der Waals surface area contributed by atoms with Crippen LogP contribution in [0.1, 0.15) is 12.8 Å². The molecule has 2 unspecified atom stereocenters. The van der Waals surface area contributed by atoms with Crippen LogP contribution in [0, 0.1) is 0 Å². The molecule has 0 aromatic rings. The van der Waals surface area contributed by atoms with Crippen LogP contribution in [0.4, 0.5) is 0 Å². The second-order valence-electron chi connectivity index (χ2n) is 2.75. The van der Waals surface area contributed by atoms with Crippen molar-refractivity contribution in [3.05, 3.63) is 0 Å². The van der Waals surface area contributed by atoms with Crippen LogP contribution >= 0.6 is 25.3 Å². The van der Waals surface area contributed by atoms with Gasteiger partial charge >= 0.3 is 0 Å². The molecule has 0 rings (SSSR count). The molecule has 5 nitrogen and oxygen atoms in total. The van der Waals surface area contributed by atoms with Crippen LogP contribution in [0.3, 0.4) is 0 Å². The molecular formula is C7H14N2O3S2. The molecule has 0 saturated carbocycles. The van der Waals surface area contributed by atoms with Gasteiger partial charge in [0.25, 0.3) is 0 Å². The lowest BCUT2D eigenvalue weighted by molar-refractivity contribution is -0.124. The van der Waals surface area contributed by atoms with Gasteiger partial charge in [-0.15, -0.1) is 12.6 Å². The van der Waals surface area contributed by atoms with Gasteiger partial charge in [0.05, 0.1) is 0 Å². The van der Waals surface area contributed by atoms with Crippen molar-refractivity contribution in [2.24, 2.45) is 5.73 Å². The molecule has 0 aliphatic rings. The summed E-state index contributed by atoms with van der Waals surface area (Å²) in [5.41, 5.74) is 5.04. The van der Waals surface area contributed by atoms with E-state index in [4.69, 9.17) is 10.8 Å². The Morgan fingerprint density at radius 2 is 2.07 bits per heavy atom. The molecule has 82 valence electrons. The maximum atomic E-state index is 11.1. The van der Waals surface area contributed by atoms with Crippen molar-refractivity contribution in [3.63, 3.8) is 0 Å². The van der Waals surface area contributed by atoms with Gasteiger partial charge in [-0.05, 0) is 6.42 Å². The zero-order valence-electron chi connectivity index (χ0n) is 7.51. The number of aliphatic hydroxyl groups excluding tert-OH is 1. The highest BCUT2D eigenvalue weighted by molar-refractivity contribution is 7.96. The van der Waals surface area contributed by atoms with Crippen LogP contribution in [-0.4, -0.2) is 34.2 Å². The predicted octanol–water partition coefficient (Wildman–Crippen LogP) is -1.09. The van der Waals surface area contributed by atoms with E-state index in [-0.39, 0.29) is 24.5 Å². The van der Waals surface area contributed by atoms with E-state index < -0.39 is 17.4 Å². The van der Waals surface area contributed by atoms with Gasteiger partial charge in [-0.1, -0.05) is 0 Å². The van der Waals surface area contributed by atoms with E-state index in [0.29, 0.717) is 0 Å². The van der Waals surface area contributed by atoms with Gasteiger partial charge in [0.2, 0.25) is 11.0 Å². The Morgan fingerprint density at radius 1 is 1.50 bits per heavy atom. The van der Waals surface area contributed by atoms with Gasteiger partial charge in [0.15, 0.2) is 0 Å². The highest BCUT2D eigenvalue weighted by Crippen LogP contribution is 1.97. The molecule has 0 radical (unpaired) electrons. The summed E-state index contributed by atoms with van der Waals surface area (Å²) in [5.74, 6) is -0.157. The number of nitrogens with two attached hydrogens (primary N) is 1. The van der Waals surface area contributed by atoms with Crippen LogP contribution in [0.25, 0.3) is 0 Å². The SMILES string of the molecule is NC(O)CCC(=O)NC(CS)C(=O)S. The first kappa shape index (κ1) is 13.8. The standard InChI is InChI=1S/C7H14N2O3S2/c8-5(10)1-2-6(11)9-4(3-13)7(12)14/h4-5,10,13H,1-3,8H2,(H,9,11)(H,12,14). The van der Waals surface area contributed by atoms with Gasteiger partial charge in [0.1, 0.15) is 12.3 Å². The number of hydrogen-bond acceptors (Lipinski definition) is 5. The quantitative estimate of drug-likeness (QED) is 0.300.